The number of fused-ring (bicyclic) bond motifs is 6. The zero-order valence-corrected chi connectivity index (χ0v) is 22.3. The van der Waals surface area contributed by atoms with Crippen LogP contribution in [0.2, 0.25) is 0 Å². The molecule has 0 saturated carbocycles. The second-order valence-electron chi connectivity index (χ2n) is 10.2. The van der Waals surface area contributed by atoms with Crippen molar-refractivity contribution in [2.75, 3.05) is 0 Å². The molecule has 0 unspecified atom stereocenters. The van der Waals surface area contributed by atoms with Crippen molar-refractivity contribution in [1.29, 1.82) is 10.5 Å². The first kappa shape index (κ1) is 27.1. The fourth-order valence-electron chi connectivity index (χ4n) is 6.06. The number of hydrogen-bond acceptors (Lipinski definition) is 2. The molecule has 0 radical (unpaired) electrons. The number of halogens is 6. The van der Waals surface area contributed by atoms with Gasteiger partial charge < -0.3 is 9.13 Å². The highest BCUT2D eigenvalue weighted by Gasteiger charge is 2.42. The van der Waals surface area contributed by atoms with E-state index in [1.54, 1.807) is 60.7 Å². The second-order valence-corrected chi connectivity index (χ2v) is 10.2. The van der Waals surface area contributed by atoms with Crippen LogP contribution in [0.3, 0.4) is 0 Å². The van der Waals surface area contributed by atoms with Crippen molar-refractivity contribution in [3.63, 3.8) is 0 Å². The maximum absolute atomic E-state index is 14.4. The Morgan fingerprint density at radius 1 is 0.500 bits per heavy atom. The first-order valence-corrected chi connectivity index (χ1v) is 13.2. The van der Waals surface area contributed by atoms with Gasteiger partial charge in [0.25, 0.3) is 0 Å². The van der Waals surface area contributed by atoms with Crippen LogP contribution in [0.15, 0.2) is 97.1 Å². The molecule has 0 amide bonds. The van der Waals surface area contributed by atoms with E-state index in [1.807, 2.05) is 16.7 Å². The van der Waals surface area contributed by atoms with Crippen LogP contribution in [0.4, 0.5) is 26.3 Å². The molecule has 0 saturated heterocycles. The van der Waals surface area contributed by atoms with Crippen LogP contribution in [-0.2, 0) is 12.4 Å². The summed E-state index contributed by atoms with van der Waals surface area (Å²) in [4.78, 5) is 0. The van der Waals surface area contributed by atoms with Crippen LogP contribution in [0.1, 0.15) is 22.3 Å². The van der Waals surface area contributed by atoms with Crippen molar-refractivity contribution in [3.05, 3.63) is 119 Å². The SMILES string of the molecule is N#Cc1ccc(-n2c3ccccc3c3cc4c(cc32)c2ccccc2n4-c2c(C(F)(F)F)cccc2C(F)(F)F)c(C#N)c1. The first-order valence-electron chi connectivity index (χ1n) is 13.2. The summed E-state index contributed by atoms with van der Waals surface area (Å²) < 4.78 is 89.0. The molecule has 10 heteroatoms. The van der Waals surface area contributed by atoms with Crippen LogP contribution in [0.5, 0.6) is 0 Å². The molecule has 0 bridgehead atoms. The predicted molar refractivity (Wildman–Crippen MR) is 155 cm³/mol. The van der Waals surface area contributed by atoms with Crippen molar-refractivity contribution < 1.29 is 26.3 Å². The monoisotopic (exact) mass is 594 g/mol. The fraction of sp³-hybridized carbons (Fsp3) is 0.0588. The van der Waals surface area contributed by atoms with Crippen LogP contribution in [0, 0.1) is 22.7 Å². The Kier molecular flexibility index (Phi) is 5.78. The molecule has 7 rings (SSSR count). The molecule has 214 valence electrons. The van der Waals surface area contributed by atoms with Gasteiger partial charge in [0.1, 0.15) is 6.07 Å². The minimum absolute atomic E-state index is 0.157. The topological polar surface area (TPSA) is 57.4 Å². The van der Waals surface area contributed by atoms with Gasteiger partial charge in [-0.1, -0.05) is 42.5 Å². The van der Waals surface area contributed by atoms with Gasteiger partial charge in [0.05, 0.1) is 61.8 Å². The number of para-hydroxylation sites is 3. The predicted octanol–water partition coefficient (Wildman–Crippen LogP) is 9.66. The van der Waals surface area contributed by atoms with Gasteiger partial charge in [-0.15, -0.1) is 0 Å². The molecule has 5 aromatic carbocycles. The van der Waals surface area contributed by atoms with E-state index in [-0.39, 0.29) is 16.6 Å². The highest BCUT2D eigenvalue weighted by atomic mass is 19.4. The largest absolute Gasteiger partial charge is 0.418 e. The molecule has 0 aliphatic rings. The average molecular weight is 595 g/mol. The lowest BCUT2D eigenvalue weighted by molar-refractivity contribution is -0.142. The van der Waals surface area contributed by atoms with E-state index >= 15 is 0 Å². The molecule has 2 heterocycles. The standard InChI is InChI=1S/C34H16F6N4/c35-33(36,37)25-8-5-9-26(34(38,39)40)32(25)44-29-11-4-2-7-22(29)24-15-30-23(16-31(24)44)21-6-1-3-10-28(21)43(30)27-13-12-19(17-41)14-20(27)18-42/h1-16H. The van der Waals surface area contributed by atoms with Crippen LogP contribution in [-0.4, -0.2) is 9.13 Å². The van der Waals surface area contributed by atoms with Crippen molar-refractivity contribution in [3.8, 4) is 23.5 Å². The minimum Gasteiger partial charge on any atom is -0.308 e. The Bertz CT molecular complexity index is 2360. The summed E-state index contributed by atoms with van der Waals surface area (Å²) >= 11 is 0. The molecule has 2 aromatic heterocycles. The van der Waals surface area contributed by atoms with Crippen LogP contribution in [0.25, 0.3) is 55.0 Å². The minimum atomic E-state index is -5.07. The van der Waals surface area contributed by atoms with Gasteiger partial charge in [-0.05, 0) is 54.6 Å². The van der Waals surface area contributed by atoms with Gasteiger partial charge in [0, 0.05) is 21.5 Å². The first-order chi connectivity index (χ1) is 21.0. The third-order valence-electron chi connectivity index (χ3n) is 7.82. The molecule has 0 fully saturated rings. The number of alkyl halides is 6. The van der Waals surface area contributed by atoms with Crippen molar-refractivity contribution in [1.82, 2.24) is 9.13 Å². The molecule has 0 N–H and O–H groups in total. The highest BCUT2D eigenvalue weighted by Crippen LogP contribution is 2.46. The molecule has 4 nitrogen and oxygen atoms in total. The third kappa shape index (κ3) is 3.92. The summed E-state index contributed by atoms with van der Waals surface area (Å²) in [6.07, 6.45) is -10.1. The number of hydrogen-bond donors (Lipinski definition) is 0. The van der Waals surface area contributed by atoms with E-state index in [0.717, 1.165) is 10.6 Å². The Labute approximate surface area is 244 Å². The van der Waals surface area contributed by atoms with E-state index in [9.17, 15) is 36.9 Å². The van der Waals surface area contributed by atoms with Gasteiger partial charge in [0.2, 0.25) is 0 Å². The summed E-state index contributed by atoms with van der Waals surface area (Å²) in [5.74, 6) is 0. The smallest absolute Gasteiger partial charge is 0.308 e. The quantitative estimate of drug-likeness (QED) is 0.187. The lowest BCUT2D eigenvalue weighted by atomic mass is 10.0. The maximum Gasteiger partial charge on any atom is 0.418 e. The van der Waals surface area contributed by atoms with Crippen LogP contribution >= 0.6 is 0 Å². The van der Waals surface area contributed by atoms with E-state index in [1.165, 1.54) is 12.1 Å². The normalized spacial score (nSPS) is 12.3. The lowest BCUT2D eigenvalue weighted by Crippen LogP contribution is -2.17. The molecule has 0 aliphatic carbocycles. The van der Waals surface area contributed by atoms with Crippen molar-refractivity contribution in [2.24, 2.45) is 0 Å². The van der Waals surface area contributed by atoms with E-state index < -0.39 is 29.2 Å². The van der Waals surface area contributed by atoms with Gasteiger partial charge in [-0.2, -0.15) is 36.9 Å². The molecular formula is C34H16F6N4. The molecule has 0 aliphatic heterocycles. The highest BCUT2D eigenvalue weighted by molar-refractivity contribution is 6.19. The molecule has 44 heavy (non-hydrogen) atoms. The average Bonchev–Trinajstić information content (AvgIpc) is 3.50. The Hall–Kier alpha value is -5.74. The zero-order valence-electron chi connectivity index (χ0n) is 22.3. The Morgan fingerprint density at radius 2 is 1.02 bits per heavy atom. The molecule has 0 spiro atoms. The molecule has 0 atom stereocenters. The number of rotatable bonds is 2. The maximum atomic E-state index is 14.4. The summed E-state index contributed by atoms with van der Waals surface area (Å²) in [6.45, 7) is 0. The summed E-state index contributed by atoms with van der Waals surface area (Å²) in [7, 11) is 0. The Balaban J connectivity index is 1.69. The van der Waals surface area contributed by atoms with E-state index in [4.69, 9.17) is 0 Å². The van der Waals surface area contributed by atoms with Gasteiger partial charge in [0.15, 0.2) is 0 Å². The third-order valence-corrected chi connectivity index (χ3v) is 7.82. The molecule has 7 aromatic rings. The summed E-state index contributed by atoms with van der Waals surface area (Å²) in [6, 6.07) is 27.8. The molecular weight excluding hydrogens is 578 g/mol. The fourth-order valence-corrected chi connectivity index (χ4v) is 6.06. The van der Waals surface area contributed by atoms with Gasteiger partial charge >= 0.3 is 12.4 Å². The van der Waals surface area contributed by atoms with E-state index in [2.05, 4.69) is 6.07 Å². The Morgan fingerprint density at radius 3 is 1.55 bits per heavy atom. The number of benzene rings is 5. The number of nitrogens with zero attached hydrogens (tertiary/aromatic N) is 4. The number of nitriles is 2. The van der Waals surface area contributed by atoms with Crippen LogP contribution < -0.4 is 0 Å². The van der Waals surface area contributed by atoms with Gasteiger partial charge in [-0.3, -0.25) is 0 Å². The lowest BCUT2D eigenvalue weighted by Gasteiger charge is -2.21. The van der Waals surface area contributed by atoms with E-state index in [0.29, 0.717) is 56.0 Å². The summed E-state index contributed by atoms with van der Waals surface area (Å²) in [5.41, 5.74) is -1.25. The van der Waals surface area contributed by atoms with Crippen molar-refractivity contribution in [2.45, 2.75) is 12.4 Å². The number of aromatic nitrogens is 2. The summed E-state index contributed by atoms with van der Waals surface area (Å²) in [5, 5.41) is 21.4. The zero-order chi connectivity index (χ0) is 31.0. The van der Waals surface area contributed by atoms with Gasteiger partial charge in [-0.25, -0.2) is 0 Å². The van der Waals surface area contributed by atoms with Crippen molar-refractivity contribution >= 4 is 43.6 Å². The second kappa shape index (κ2) is 9.38.